The molecule has 1 N–H and O–H groups in total. The van der Waals surface area contributed by atoms with Crippen molar-refractivity contribution in [3.8, 4) is 0 Å². The van der Waals surface area contributed by atoms with Crippen LogP contribution in [0, 0.1) is 0 Å². The van der Waals surface area contributed by atoms with Crippen LogP contribution in [0.1, 0.15) is 10.4 Å². The van der Waals surface area contributed by atoms with E-state index in [1.807, 2.05) is 17.0 Å². The first-order chi connectivity index (χ1) is 11.3. The number of hydrogen-bond donors (Lipinski definition) is 1. The van der Waals surface area contributed by atoms with Gasteiger partial charge in [0.1, 0.15) is 11.3 Å². The first-order valence-corrected chi connectivity index (χ1v) is 8.32. The van der Waals surface area contributed by atoms with E-state index in [4.69, 9.17) is 0 Å². The quantitative estimate of drug-likeness (QED) is 0.798. The summed E-state index contributed by atoms with van der Waals surface area (Å²) < 4.78 is 0. The molecular weight excluding hydrogens is 310 g/mol. The van der Waals surface area contributed by atoms with Gasteiger partial charge in [-0.2, -0.15) is 0 Å². The number of carbonyl (C=O) groups is 1. The Bertz CT molecular complexity index is 862. The van der Waals surface area contributed by atoms with Crippen LogP contribution in [0.2, 0.25) is 0 Å². The van der Waals surface area contributed by atoms with Gasteiger partial charge in [-0.25, -0.2) is 9.97 Å². The van der Waals surface area contributed by atoms with Crippen molar-refractivity contribution in [3.63, 3.8) is 0 Å². The van der Waals surface area contributed by atoms with Gasteiger partial charge >= 0.3 is 0 Å². The standard InChI is InChI=1S/C16H15N5OS/c22-15(21-7-3-13-11(10-21)4-8-23-13)9-19-14-2-1-12-16(20-14)18-6-5-17-12/h1-2,4-6,8H,3,7,9-10H2,(H,18,19,20). The topological polar surface area (TPSA) is 71.0 Å². The van der Waals surface area contributed by atoms with Gasteiger partial charge in [0, 0.05) is 30.4 Å². The van der Waals surface area contributed by atoms with Crippen molar-refractivity contribution in [1.82, 2.24) is 19.9 Å². The van der Waals surface area contributed by atoms with Gasteiger partial charge in [0.2, 0.25) is 5.91 Å². The van der Waals surface area contributed by atoms with Crippen molar-refractivity contribution in [2.75, 3.05) is 18.4 Å². The van der Waals surface area contributed by atoms with E-state index in [9.17, 15) is 4.79 Å². The smallest absolute Gasteiger partial charge is 0.242 e. The summed E-state index contributed by atoms with van der Waals surface area (Å²) in [6.45, 7) is 1.72. The molecule has 3 aromatic heterocycles. The molecule has 4 heterocycles. The normalized spacial score (nSPS) is 13.8. The molecule has 1 aliphatic heterocycles. The van der Waals surface area contributed by atoms with Gasteiger partial charge in [-0.05, 0) is 35.6 Å². The van der Waals surface area contributed by atoms with Gasteiger partial charge in [0.05, 0.1) is 6.54 Å². The fraction of sp³-hybridized carbons (Fsp3) is 0.250. The fourth-order valence-electron chi connectivity index (χ4n) is 2.69. The zero-order valence-electron chi connectivity index (χ0n) is 12.4. The van der Waals surface area contributed by atoms with Crippen LogP contribution in [0.25, 0.3) is 11.2 Å². The highest BCUT2D eigenvalue weighted by atomic mass is 32.1. The molecule has 4 rings (SSSR count). The predicted molar refractivity (Wildman–Crippen MR) is 89.3 cm³/mol. The van der Waals surface area contributed by atoms with Crippen LogP contribution in [0.5, 0.6) is 0 Å². The average molecular weight is 325 g/mol. The predicted octanol–water partition coefficient (Wildman–Crippen LogP) is 2.08. The number of aromatic nitrogens is 3. The lowest BCUT2D eigenvalue weighted by molar-refractivity contribution is -0.130. The maximum atomic E-state index is 12.4. The van der Waals surface area contributed by atoms with E-state index >= 15 is 0 Å². The van der Waals surface area contributed by atoms with E-state index in [-0.39, 0.29) is 12.5 Å². The molecule has 3 aromatic rings. The SMILES string of the molecule is O=C(CNc1ccc2nccnc2n1)N1CCc2sccc2C1. The summed E-state index contributed by atoms with van der Waals surface area (Å²) in [5.41, 5.74) is 2.59. The molecule has 1 aliphatic rings. The molecule has 0 saturated heterocycles. The van der Waals surface area contributed by atoms with Crippen molar-refractivity contribution >= 4 is 34.2 Å². The Hall–Kier alpha value is -2.54. The van der Waals surface area contributed by atoms with Gasteiger partial charge in [-0.3, -0.25) is 9.78 Å². The highest BCUT2D eigenvalue weighted by Crippen LogP contribution is 2.24. The van der Waals surface area contributed by atoms with E-state index < -0.39 is 0 Å². The third kappa shape index (κ3) is 2.87. The largest absolute Gasteiger partial charge is 0.361 e. The lowest BCUT2D eigenvalue weighted by Gasteiger charge is -2.27. The van der Waals surface area contributed by atoms with Gasteiger partial charge in [-0.15, -0.1) is 11.3 Å². The van der Waals surface area contributed by atoms with Gasteiger partial charge in [0.25, 0.3) is 0 Å². The monoisotopic (exact) mass is 325 g/mol. The molecule has 7 heteroatoms. The Morgan fingerprint density at radius 2 is 2.17 bits per heavy atom. The van der Waals surface area contributed by atoms with Crippen LogP contribution in [0.4, 0.5) is 5.82 Å². The number of thiophene rings is 1. The molecule has 0 unspecified atom stereocenters. The molecule has 0 fully saturated rings. The maximum absolute atomic E-state index is 12.4. The molecule has 0 atom stereocenters. The minimum Gasteiger partial charge on any atom is -0.361 e. The lowest BCUT2D eigenvalue weighted by Crippen LogP contribution is -2.38. The van der Waals surface area contributed by atoms with Crippen LogP contribution < -0.4 is 5.32 Å². The molecule has 0 radical (unpaired) electrons. The minimum atomic E-state index is 0.0860. The summed E-state index contributed by atoms with van der Waals surface area (Å²) in [4.78, 5) is 28.4. The number of pyridine rings is 1. The molecule has 0 saturated carbocycles. The van der Waals surface area contributed by atoms with Gasteiger partial charge in [-0.1, -0.05) is 0 Å². The van der Waals surface area contributed by atoms with Crippen LogP contribution in [-0.4, -0.2) is 38.8 Å². The van der Waals surface area contributed by atoms with Crippen molar-refractivity contribution in [2.24, 2.45) is 0 Å². The van der Waals surface area contributed by atoms with Crippen molar-refractivity contribution in [2.45, 2.75) is 13.0 Å². The average Bonchev–Trinajstić information content (AvgIpc) is 3.07. The Labute approximate surface area is 137 Å². The van der Waals surface area contributed by atoms with Crippen LogP contribution in [0.3, 0.4) is 0 Å². The molecule has 0 aromatic carbocycles. The number of fused-ring (bicyclic) bond motifs is 2. The fourth-order valence-corrected chi connectivity index (χ4v) is 3.58. The summed E-state index contributed by atoms with van der Waals surface area (Å²) in [5.74, 6) is 0.725. The Kier molecular flexibility index (Phi) is 3.63. The first kappa shape index (κ1) is 14.1. The summed E-state index contributed by atoms with van der Waals surface area (Å²) in [7, 11) is 0. The molecule has 0 aliphatic carbocycles. The molecular formula is C16H15N5OS. The van der Waals surface area contributed by atoms with Gasteiger partial charge in [0.15, 0.2) is 5.65 Å². The van der Waals surface area contributed by atoms with E-state index in [0.717, 1.165) is 18.5 Å². The summed E-state index contributed by atoms with van der Waals surface area (Å²) >= 11 is 1.77. The number of anilines is 1. The van der Waals surface area contributed by atoms with Crippen LogP contribution in [0.15, 0.2) is 36.0 Å². The minimum absolute atomic E-state index is 0.0860. The summed E-state index contributed by atoms with van der Waals surface area (Å²) in [6.07, 6.45) is 4.19. The highest BCUT2D eigenvalue weighted by molar-refractivity contribution is 7.10. The van der Waals surface area contributed by atoms with Gasteiger partial charge < -0.3 is 10.2 Å². The number of nitrogens with one attached hydrogen (secondary N) is 1. The number of rotatable bonds is 3. The number of carbonyl (C=O) groups excluding carboxylic acids is 1. The second-order valence-corrected chi connectivity index (χ2v) is 6.38. The maximum Gasteiger partial charge on any atom is 0.242 e. The van der Waals surface area contributed by atoms with E-state index in [1.165, 1.54) is 10.4 Å². The Balaban J connectivity index is 1.41. The van der Waals surface area contributed by atoms with Crippen LogP contribution >= 0.6 is 11.3 Å². The Morgan fingerprint density at radius 3 is 3.13 bits per heavy atom. The number of amides is 1. The third-order valence-electron chi connectivity index (χ3n) is 3.91. The summed E-state index contributed by atoms with van der Waals surface area (Å²) in [5, 5.41) is 5.18. The van der Waals surface area contributed by atoms with E-state index in [2.05, 4.69) is 31.7 Å². The highest BCUT2D eigenvalue weighted by Gasteiger charge is 2.21. The molecule has 23 heavy (non-hydrogen) atoms. The molecule has 0 bridgehead atoms. The molecule has 0 spiro atoms. The van der Waals surface area contributed by atoms with Crippen molar-refractivity contribution in [3.05, 3.63) is 46.4 Å². The van der Waals surface area contributed by atoms with Crippen LogP contribution in [-0.2, 0) is 17.8 Å². The second-order valence-electron chi connectivity index (χ2n) is 5.38. The number of hydrogen-bond acceptors (Lipinski definition) is 6. The van der Waals surface area contributed by atoms with E-state index in [0.29, 0.717) is 18.0 Å². The molecule has 116 valence electrons. The zero-order valence-corrected chi connectivity index (χ0v) is 13.2. The zero-order chi connectivity index (χ0) is 15.6. The first-order valence-electron chi connectivity index (χ1n) is 7.44. The summed E-state index contributed by atoms with van der Waals surface area (Å²) in [6, 6.07) is 5.77. The lowest BCUT2D eigenvalue weighted by atomic mass is 10.1. The van der Waals surface area contributed by atoms with Crippen molar-refractivity contribution in [1.29, 1.82) is 0 Å². The Morgan fingerprint density at radius 1 is 1.26 bits per heavy atom. The van der Waals surface area contributed by atoms with Crippen molar-refractivity contribution < 1.29 is 4.79 Å². The number of nitrogens with zero attached hydrogens (tertiary/aromatic N) is 4. The van der Waals surface area contributed by atoms with E-state index in [1.54, 1.807) is 23.7 Å². The second kappa shape index (κ2) is 5.92. The molecule has 1 amide bonds. The molecule has 6 nitrogen and oxygen atoms in total. The third-order valence-corrected chi connectivity index (χ3v) is 4.94.